The number of aryl methyl sites for hydroxylation is 1. The summed E-state index contributed by atoms with van der Waals surface area (Å²) in [6.07, 6.45) is 11.6. The van der Waals surface area contributed by atoms with Crippen LogP contribution in [0.25, 0.3) is 17.2 Å². The van der Waals surface area contributed by atoms with Crippen LogP contribution in [0.4, 0.5) is 16.2 Å². The average molecular weight is 495 g/mol. The predicted octanol–water partition coefficient (Wildman–Crippen LogP) is 4.65. The molecule has 11 nitrogen and oxygen atoms in total. The molecule has 5 rings (SSSR count). The Kier molecular flexibility index (Phi) is 6.66. The Hall–Kier alpha value is -3.86. The topological polar surface area (TPSA) is 140 Å². The van der Waals surface area contributed by atoms with E-state index >= 15 is 0 Å². The van der Waals surface area contributed by atoms with E-state index in [2.05, 4.69) is 35.8 Å². The molecule has 0 aromatic carbocycles. The van der Waals surface area contributed by atoms with Crippen molar-refractivity contribution in [2.45, 2.75) is 50.9 Å². The summed E-state index contributed by atoms with van der Waals surface area (Å²) >= 11 is 6.38. The van der Waals surface area contributed by atoms with Crippen LogP contribution >= 0.6 is 11.6 Å². The summed E-state index contributed by atoms with van der Waals surface area (Å²) < 4.78 is 6.99. The van der Waals surface area contributed by atoms with Gasteiger partial charge in [-0.15, -0.1) is 0 Å². The van der Waals surface area contributed by atoms with Crippen molar-refractivity contribution >= 4 is 40.9 Å². The minimum absolute atomic E-state index is 0.243. The molecule has 0 atom stereocenters. The molecule has 4 heterocycles. The van der Waals surface area contributed by atoms with Gasteiger partial charge in [0.2, 0.25) is 11.7 Å². The molecule has 35 heavy (non-hydrogen) atoms. The molecule has 4 aromatic rings. The van der Waals surface area contributed by atoms with Crippen molar-refractivity contribution in [1.29, 1.82) is 0 Å². The highest BCUT2D eigenvalue weighted by Gasteiger charge is 2.25. The van der Waals surface area contributed by atoms with Gasteiger partial charge in [-0.1, -0.05) is 29.6 Å². The molecule has 0 radical (unpaired) electrons. The molecule has 0 saturated heterocycles. The predicted molar refractivity (Wildman–Crippen MR) is 128 cm³/mol. The number of hydrogen-bond donors (Lipinski definition) is 2. The summed E-state index contributed by atoms with van der Waals surface area (Å²) in [5.74, 6) is 0.957. The van der Waals surface area contributed by atoms with E-state index in [1.807, 2.05) is 6.07 Å². The Morgan fingerprint density at radius 1 is 1.23 bits per heavy atom. The summed E-state index contributed by atoms with van der Waals surface area (Å²) in [4.78, 5) is 36.2. The van der Waals surface area contributed by atoms with Crippen molar-refractivity contribution in [2.75, 3.05) is 10.6 Å². The summed E-state index contributed by atoms with van der Waals surface area (Å²) in [6, 6.07) is 2.97. The van der Waals surface area contributed by atoms with Gasteiger partial charge >= 0.3 is 6.03 Å². The average Bonchev–Trinajstić information content (AvgIpc) is 3.61. The van der Waals surface area contributed by atoms with Crippen LogP contribution in [0, 0.1) is 0 Å². The lowest BCUT2D eigenvalue weighted by Gasteiger charge is -2.17. The zero-order chi connectivity index (χ0) is 24.2. The van der Waals surface area contributed by atoms with Crippen LogP contribution in [0.3, 0.4) is 0 Å². The molecule has 2 amide bonds. The molecule has 2 N–H and O–H groups in total. The van der Waals surface area contributed by atoms with Crippen molar-refractivity contribution in [3.8, 4) is 11.5 Å². The highest BCUT2D eigenvalue weighted by Crippen LogP contribution is 2.37. The number of nitrogens with zero attached hydrogens (tertiary/aromatic N) is 6. The van der Waals surface area contributed by atoms with E-state index in [4.69, 9.17) is 16.1 Å². The Balaban J connectivity index is 1.29. The van der Waals surface area contributed by atoms with E-state index in [1.165, 1.54) is 6.20 Å². The van der Waals surface area contributed by atoms with Crippen LogP contribution in [0.1, 0.15) is 56.0 Å². The fourth-order valence-corrected chi connectivity index (χ4v) is 4.57. The van der Waals surface area contributed by atoms with Crippen LogP contribution in [0.2, 0.25) is 5.02 Å². The number of amides is 2. The van der Waals surface area contributed by atoms with Gasteiger partial charge in [0.05, 0.1) is 40.7 Å². The molecular formula is C23H23ClN8O3. The first-order valence-corrected chi connectivity index (χ1v) is 11.8. The summed E-state index contributed by atoms with van der Waals surface area (Å²) in [5.41, 5.74) is 3.06. The van der Waals surface area contributed by atoms with Crippen LogP contribution in [0.15, 0.2) is 35.2 Å². The van der Waals surface area contributed by atoms with Gasteiger partial charge in [0, 0.05) is 24.8 Å². The van der Waals surface area contributed by atoms with E-state index in [0.717, 1.165) is 43.3 Å². The van der Waals surface area contributed by atoms with Gasteiger partial charge in [0.1, 0.15) is 12.0 Å². The van der Waals surface area contributed by atoms with Crippen LogP contribution in [0.5, 0.6) is 0 Å². The SMILES string of the molecule is O=CCCCc1nc(-c2ncc(NC(=O)Nc3cnc4ccnn4c3C3CCCC3)cc2Cl)no1. The maximum Gasteiger partial charge on any atom is 0.323 e. The number of aromatic nitrogens is 6. The number of urea groups is 1. The molecule has 180 valence electrons. The van der Waals surface area contributed by atoms with E-state index in [9.17, 15) is 9.59 Å². The lowest BCUT2D eigenvalue weighted by atomic mass is 10.0. The third kappa shape index (κ3) is 4.99. The van der Waals surface area contributed by atoms with E-state index in [-0.39, 0.29) is 10.8 Å². The highest BCUT2D eigenvalue weighted by atomic mass is 35.5. The number of rotatable bonds is 8. The minimum atomic E-state index is -0.444. The second-order valence-corrected chi connectivity index (χ2v) is 8.75. The molecule has 0 unspecified atom stereocenters. The number of anilines is 2. The van der Waals surface area contributed by atoms with Crippen LogP contribution in [-0.2, 0) is 11.2 Å². The molecule has 12 heteroatoms. The molecule has 0 aliphatic heterocycles. The summed E-state index contributed by atoms with van der Waals surface area (Å²) in [6.45, 7) is 0. The van der Waals surface area contributed by atoms with Crippen LogP contribution in [-0.4, -0.2) is 42.0 Å². The lowest BCUT2D eigenvalue weighted by molar-refractivity contribution is -0.107. The Morgan fingerprint density at radius 3 is 2.89 bits per heavy atom. The van der Waals surface area contributed by atoms with E-state index in [0.29, 0.717) is 48.1 Å². The number of hydrogen-bond acceptors (Lipinski definition) is 8. The lowest BCUT2D eigenvalue weighted by Crippen LogP contribution is -2.22. The second-order valence-electron chi connectivity index (χ2n) is 8.34. The smallest absolute Gasteiger partial charge is 0.323 e. The first-order chi connectivity index (χ1) is 17.1. The van der Waals surface area contributed by atoms with Gasteiger partial charge < -0.3 is 20.0 Å². The van der Waals surface area contributed by atoms with Crippen molar-refractivity contribution < 1.29 is 14.1 Å². The first kappa shape index (κ1) is 22.9. The monoisotopic (exact) mass is 494 g/mol. The van der Waals surface area contributed by atoms with Gasteiger partial charge in [-0.25, -0.2) is 19.3 Å². The minimum Gasteiger partial charge on any atom is -0.339 e. The Bertz CT molecular complexity index is 1360. The number of unbranched alkanes of at least 4 members (excludes halogenated alkanes) is 1. The number of pyridine rings is 1. The molecule has 0 bridgehead atoms. The van der Waals surface area contributed by atoms with Crippen molar-refractivity contribution in [3.05, 3.63) is 47.3 Å². The summed E-state index contributed by atoms with van der Waals surface area (Å²) in [7, 11) is 0. The molecule has 4 aromatic heterocycles. The summed E-state index contributed by atoms with van der Waals surface area (Å²) in [5, 5.41) is 14.2. The molecule has 1 fully saturated rings. The highest BCUT2D eigenvalue weighted by molar-refractivity contribution is 6.33. The second kappa shape index (κ2) is 10.2. The maximum atomic E-state index is 12.8. The normalized spacial score (nSPS) is 13.9. The number of carbonyl (C=O) groups excluding carboxylic acids is 2. The first-order valence-electron chi connectivity index (χ1n) is 11.4. The van der Waals surface area contributed by atoms with E-state index in [1.54, 1.807) is 23.0 Å². The molecule has 1 aliphatic rings. The van der Waals surface area contributed by atoms with Gasteiger partial charge in [-0.3, -0.25) is 0 Å². The zero-order valence-electron chi connectivity index (χ0n) is 18.8. The third-order valence-electron chi connectivity index (χ3n) is 5.93. The molecule has 0 spiro atoms. The van der Waals surface area contributed by atoms with Crippen molar-refractivity contribution in [2.24, 2.45) is 0 Å². The maximum absolute atomic E-state index is 12.8. The number of halogens is 1. The third-order valence-corrected chi connectivity index (χ3v) is 6.22. The van der Waals surface area contributed by atoms with Gasteiger partial charge in [-0.2, -0.15) is 10.1 Å². The molecular weight excluding hydrogens is 472 g/mol. The zero-order valence-corrected chi connectivity index (χ0v) is 19.5. The van der Waals surface area contributed by atoms with Gasteiger partial charge in [-0.05, 0) is 25.3 Å². The van der Waals surface area contributed by atoms with Gasteiger partial charge in [0.25, 0.3) is 0 Å². The standard InChI is InChI=1S/C23H23ClN8O3/c24-16-11-15(12-26-20(16)22-30-19(35-31-22)7-3-4-10-33)28-23(34)29-17-13-25-18-8-9-27-32(18)21(17)14-5-1-2-6-14/h8-14H,1-7H2,(H2,28,29,34). The van der Waals surface area contributed by atoms with Crippen molar-refractivity contribution in [3.63, 3.8) is 0 Å². The molecule has 1 saturated carbocycles. The fraction of sp³-hybridized carbons (Fsp3) is 0.348. The number of carbonyl (C=O) groups is 2. The number of fused-ring (bicyclic) bond motifs is 1. The largest absolute Gasteiger partial charge is 0.339 e. The number of nitrogens with one attached hydrogen (secondary N) is 2. The van der Waals surface area contributed by atoms with E-state index < -0.39 is 6.03 Å². The molecule has 1 aliphatic carbocycles. The van der Waals surface area contributed by atoms with Crippen LogP contribution < -0.4 is 10.6 Å². The fourth-order valence-electron chi connectivity index (χ4n) is 4.32. The quantitative estimate of drug-likeness (QED) is 0.266. The number of aldehydes is 1. The van der Waals surface area contributed by atoms with Crippen molar-refractivity contribution in [1.82, 2.24) is 29.7 Å². The Labute approximate surface area is 205 Å². The Morgan fingerprint density at radius 2 is 2.09 bits per heavy atom. The van der Waals surface area contributed by atoms with Gasteiger partial charge in [0.15, 0.2) is 5.65 Å².